The van der Waals surface area contributed by atoms with Crippen LogP contribution < -0.4 is 10.6 Å². The number of hydrogen-bond acceptors (Lipinski definition) is 2. The molecule has 0 aliphatic heterocycles. The van der Waals surface area contributed by atoms with Crippen molar-refractivity contribution >= 4 is 11.7 Å². The summed E-state index contributed by atoms with van der Waals surface area (Å²) < 4.78 is 37.4. The van der Waals surface area contributed by atoms with Gasteiger partial charge in [-0.3, -0.25) is 0 Å². The third kappa shape index (κ3) is 4.63. The number of anilines is 1. The van der Waals surface area contributed by atoms with E-state index >= 15 is 0 Å². The van der Waals surface area contributed by atoms with Crippen molar-refractivity contribution in [3.8, 4) is 0 Å². The minimum Gasteiger partial charge on any atom is -0.388 e. The molecule has 0 spiro atoms. The van der Waals surface area contributed by atoms with Crippen LogP contribution in [0.2, 0.25) is 0 Å². The van der Waals surface area contributed by atoms with Crippen LogP contribution in [-0.2, 0) is 6.42 Å². The van der Waals surface area contributed by atoms with Crippen LogP contribution in [0.1, 0.15) is 24.8 Å². The third-order valence-electron chi connectivity index (χ3n) is 3.52. The van der Waals surface area contributed by atoms with E-state index in [-0.39, 0.29) is 17.8 Å². The molecule has 1 aromatic rings. The molecule has 0 unspecified atom stereocenters. The minimum atomic E-state index is -4.34. The van der Waals surface area contributed by atoms with E-state index < -0.39 is 24.2 Å². The first-order valence-corrected chi connectivity index (χ1v) is 6.69. The van der Waals surface area contributed by atoms with Gasteiger partial charge in [0.2, 0.25) is 0 Å². The maximum atomic E-state index is 12.5. The summed E-state index contributed by atoms with van der Waals surface area (Å²) in [6.45, 7) is 0.0975. The number of halogens is 3. The van der Waals surface area contributed by atoms with E-state index in [0.717, 1.165) is 6.42 Å². The van der Waals surface area contributed by atoms with Gasteiger partial charge >= 0.3 is 12.2 Å². The molecule has 116 valence electrons. The second kappa shape index (κ2) is 5.93. The Morgan fingerprint density at radius 3 is 2.52 bits per heavy atom. The molecule has 1 aliphatic rings. The molecular weight excluding hydrogens is 285 g/mol. The molecule has 2 rings (SSSR count). The Hall–Kier alpha value is -1.76. The number of para-hydroxylation sites is 1. The molecule has 1 saturated carbocycles. The average Bonchev–Trinajstić information content (AvgIpc) is 2.35. The molecule has 4 nitrogen and oxygen atoms in total. The second-order valence-corrected chi connectivity index (χ2v) is 5.33. The zero-order valence-corrected chi connectivity index (χ0v) is 11.3. The molecule has 0 radical (unpaired) electrons. The van der Waals surface area contributed by atoms with Gasteiger partial charge in [-0.1, -0.05) is 18.2 Å². The number of urea groups is 1. The quantitative estimate of drug-likeness (QED) is 0.801. The number of hydrogen-bond donors (Lipinski definition) is 3. The molecular formula is C14H17F3N2O2. The largest absolute Gasteiger partial charge is 0.393 e. The Kier molecular flexibility index (Phi) is 4.41. The first-order valence-electron chi connectivity index (χ1n) is 6.69. The van der Waals surface area contributed by atoms with Crippen LogP contribution in [0.4, 0.5) is 23.7 Å². The van der Waals surface area contributed by atoms with Crippen molar-refractivity contribution < 1.29 is 23.1 Å². The van der Waals surface area contributed by atoms with E-state index in [1.54, 1.807) is 6.07 Å². The Bertz CT molecular complexity index is 513. The summed E-state index contributed by atoms with van der Waals surface area (Å²) in [4.78, 5) is 11.7. The Balaban J connectivity index is 1.94. The number of rotatable bonds is 4. The van der Waals surface area contributed by atoms with Crippen LogP contribution in [-0.4, -0.2) is 29.5 Å². The van der Waals surface area contributed by atoms with Crippen molar-refractivity contribution in [2.75, 3.05) is 11.9 Å². The lowest BCUT2D eigenvalue weighted by Gasteiger charge is -2.36. The van der Waals surface area contributed by atoms with Crippen molar-refractivity contribution in [3.05, 3.63) is 29.8 Å². The Morgan fingerprint density at radius 2 is 1.95 bits per heavy atom. The van der Waals surface area contributed by atoms with Gasteiger partial charge < -0.3 is 15.7 Å². The van der Waals surface area contributed by atoms with Crippen molar-refractivity contribution in [3.63, 3.8) is 0 Å². The second-order valence-electron chi connectivity index (χ2n) is 5.33. The first kappa shape index (κ1) is 15.6. The van der Waals surface area contributed by atoms with E-state index in [0.29, 0.717) is 12.8 Å². The molecule has 7 heteroatoms. The standard InChI is InChI=1S/C14H17F3N2O2/c15-14(16,17)8-10-4-1-2-5-11(10)19-12(20)18-9-13(21)6-3-7-13/h1-2,4-5,21H,3,6-9H2,(H2,18,19,20). The third-order valence-corrected chi connectivity index (χ3v) is 3.52. The molecule has 0 aromatic heterocycles. The van der Waals surface area contributed by atoms with Crippen molar-refractivity contribution in [2.45, 2.75) is 37.5 Å². The number of aliphatic hydroxyl groups is 1. The fraction of sp³-hybridized carbons (Fsp3) is 0.500. The van der Waals surface area contributed by atoms with Crippen molar-refractivity contribution in [2.24, 2.45) is 0 Å². The number of benzene rings is 1. The van der Waals surface area contributed by atoms with Crippen LogP contribution in [0.5, 0.6) is 0 Å². The SMILES string of the molecule is O=C(NCC1(O)CCC1)Nc1ccccc1CC(F)(F)F. The number of amides is 2. The summed E-state index contributed by atoms with van der Waals surface area (Å²) >= 11 is 0. The Labute approximate surface area is 120 Å². The molecule has 2 amide bonds. The highest BCUT2D eigenvalue weighted by Crippen LogP contribution is 2.30. The van der Waals surface area contributed by atoms with Crippen LogP contribution in [0.15, 0.2) is 24.3 Å². The van der Waals surface area contributed by atoms with Gasteiger partial charge in [0.1, 0.15) is 0 Å². The lowest BCUT2D eigenvalue weighted by Crippen LogP contribution is -2.48. The fourth-order valence-corrected chi connectivity index (χ4v) is 2.19. The number of nitrogens with one attached hydrogen (secondary N) is 2. The lowest BCUT2D eigenvalue weighted by atomic mass is 9.80. The zero-order chi connectivity index (χ0) is 15.5. The Morgan fingerprint density at radius 1 is 1.29 bits per heavy atom. The van der Waals surface area contributed by atoms with E-state index in [2.05, 4.69) is 10.6 Å². The maximum absolute atomic E-state index is 12.5. The number of alkyl halides is 3. The van der Waals surface area contributed by atoms with Gasteiger partial charge in [0.05, 0.1) is 12.0 Å². The summed E-state index contributed by atoms with van der Waals surface area (Å²) in [7, 11) is 0. The number of carbonyl (C=O) groups is 1. The summed E-state index contributed by atoms with van der Waals surface area (Å²) in [5.74, 6) is 0. The topological polar surface area (TPSA) is 61.4 Å². The highest BCUT2D eigenvalue weighted by atomic mass is 19.4. The van der Waals surface area contributed by atoms with Gasteiger partial charge in [-0.15, -0.1) is 0 Å². The van der Waals surface area contributed by atoms with Gasteiger partial charge in [-0.2, -0.15) is 13.2 Å². The summed E-state index contributed by atoms with van der Waals surface area (Å²) in [5, 5.41) is 14.7. The first-order chi connectivity index (χ1) is 9.77. The van der Waals surface area contributed by atoms with E-state index in [1.165, 1.54) is 18.2 Å². The molecule has 0 saturated heterocycles. The van der Waals surface area contributed by atoms with Gasteiger partial charge in [0, 0.05) is 12.2 Å². The molecule has 1 fully saturated rings. The van der Waals surface area contributed by atoms with Crippen LogP contribution in [0.25, 0.3) is 0 Å². The van der Waals surface area contributed by atoms with Crippen LogP contribution in [0, 0.1) is 0 Å². The highest BCUT2D eigenvalue weighted by Gasteiger charge is 2.34. The monoisotopic (exact) mass is 302 g/mol. The van der Waals surface area contributed by atoms with E-state index in [4.69, 9.17) is 0 Å². The fourth-order valence-electron chi connectivity index (χ4n) is 2.19. The predicted molar refractivity (Wildman–Crippen MR) is 72.0 cm³/mol. The molecule has 1 aliphatic carbocycles. The average molecular weight is 302 g/mol. The summed E-state index contributed by atoms with van der Waals surface area (Å²) in [6, 6.07) is 5.15. The molecule has 1 aromatic carbocycles. The van der Waals surface area contributed by atoms with Gasteiger partial charge in [0.25, 0.3) is 0 Å². The highest BCUT2D eigenvalue weighted by molar-refractivity contribution is 5.90. The molecule has 21 heavy (non-hydrogen) atoms. The van der Waals surface area contributed by atoms with E-state index in [9.17, 15) is 23.1 Å². The summed E-state index contributed by atoms with van der Waals surface area (Å²) in [5.41, 5.74) is -0.751. The minimum absolute atomic E-state index is 0.00232. The molecule has 3 N–H and O–H groups in total. The van der Waals surface area contributed by atoms with Crippen LogP contribution >= 0.6 is 0 Å². The summed E-state index contributed by atoms with van der Waals surface area (Å²) in [6.07, 6.45) is -3.28. The molecule has 0 heterocycles. The van der Waals surface area contributed by atoms with Crippen molar-refractivity contribution in [1.29, 1.82) is 0 Å². The van der Waals surface area contributed by atoms with Crippen molar-refractivity contribution in [1.82, 2.24) is 5.32 Å². The lowest BCUT2D eigenvalue weighted by molar-refractivity contribution is -0.127. The molecule has 0 atom stereocenters. The smallest absolute Gasteiger partial charge is 0.388 e. The van der Waals surface area contributed by atoms with Gasteiger partial charge in [-0.25, -0.2) is 4.79 Å². The molecule has 0 bridgehead atoms. The maximum Gasteiger partial charge on any atom is 0.393 e. The number of carbonyl (C=O) groups excluding carboxylic acids is 1. The van der Waals surface area contributed by atoms with Gasteiger partial charge in [0.15, 0.2) is 0 Å². The zero-order valence-electron chi connectivity index (χ0n) is 11.3. The van der Waals surface area contributed by atoms with Gasteiger partial charge in [-0.05, 0) is 30.9 Å². The van der Waals surface area contributed by atoms with Crippen LogP contribution in [0.3, 0.4) is 0 Å². The predicted octanol–water partition coefficient (Wildman–Crippen LogP) is 2.83. The normalized spacial score (nSPS) is 17.0. The van der Waals surface area contributed by atoms with E-state index in [1.807, 2.05) is 0 Å².